The Morgan fingerprint density at radius 3 is 2.34 bits per heavy atom. The first-order valence-corrected chi connectivity index (χ1v) is 10.1. The van der Waals surface area contributed by atoms with Crippen molar-refractivity contribution in [2.45, 2.75) is 6.92 Å². The fourth-order valence-corrected chi connectivity index (χ4v) is 3.14. The lowest BCUT2D eigenvalue weighted by Crippen LogP contribution is -2.30. The minimum Gasteiger partial charge on any atom is -0.492 e. The third kappa shape index (κ3) is 5.00. The quantitative estimate of drug-likeness (QED) is 0.412. The van der Waals surface area contributed by atoms with Crippen LogP contribution in [0.3, 0.4) is 0 Å². The maximum atomic E-state index is 12.9. The van der Waals surface area contributed by atoms with Crippen LogP contribution in [0.1, 0.15) is 15.9 Å². The number of rotatable bonds is 7. The van der Waals surface area contributed by atoms with E-state index in [1.807, 2.05) is 31.2 Å². The Morgan fingerprint density at radius 2 is 1.66 bits per heavy atom. The molecule has 1 aromatic heterocycles. The van der Waals surface area contributed by atoms with E-state index in [1.54, 1.807) is 48.3 Å². The van der Waals surface area contributed by atoms with Gasteiger partial charge in [-0.05, 0) is 67.6 Å². The molecule has 6 nitrogen and oxygen atoms in total. The zero-order valence-corrected chi connectivity index (χ0v) is 17.8. The lowest BCUT2D eigenvalue weighted by Gasteiger charge is -2.17. The molecule has 7 heteroatoms. The molecule has 162 valence electrons. The topological polar surface area (TPSA) is 68.5 Å². The van der Waals surface area contributed by atoms with Crippen molar-refractivity contribution in [3.63, 3.8) is 0 Å². The second kappa shape index (κ2) is 9.43. The molecule has 4 rings (SSSR count). The highest BCUT2D eigenvalue weighted by Crippen LogP contribution is 2.24. The second-order valence-electron chi connectivity index (χ2n) is 7.39. The number of ether oxygens (including phenoxy) is 1. The summed E-state index contributed by atoms with van der Waals surface area (Å²) in [6, 6.07) is 20.6. The number of hydrogen-bond acceptors (Lipinski definition) is 5. The van der Waals surface area contributed by atoms with Crippen molar-refractivity contribution < 1.29 is 18.3 Å². The van der Waals surface area contributed by atoms with Gasteiger partial charge in [0.25, 0.3) is 5.91 Å². The summed E-state index contributed by atoms with van der Waals surface area (Å²) in [5, 5.41) is 8.25. The Bertz CT molecular complexity index is 1200. The third-order valence-electron chi connectivity index (χ3n) is 4.92. The van der Waals surface area contributed by atoms with Crippen LogP contribution in [0.2, 0.25) is 0 Å². The first kappa shape index (κ1) is 21.2. The van der Waals surface area contributed by atoms with Crippen LogP contribution in [-0.2, 0) is 0 Å². The van der Waals surface area contributed by atoms with Gasteiger partial charge in [0.2, 0.25) is 11.8 Å². The molecule has 0 saturated heterocycles. The number of benzene rings is 3. The Labute approximate surface area is 185 Å². The average molecular weight is 431 g/mol. The number of carbonyl (C=O) groups is 1. The maximum absolute atomic E-state index is 12.9. The molecule has 0 radical (unpaired) electrons. The van der Waals surface area contributed by atoms with Crippen molar-refractivity contribution in [2.24, 2.45) is 0 Å². The second-order valence-corrected chi connectivity index (χ2v) is 7.39. The van der Waals surface area contributed by atoms with Crippen LogP contribution < -0.4 is 4.74 Å². The van der Waals surface area contributed by atoms with Gasteiger partial charge in [0.05, 0.1) is 6.54 Å². The number of carbonyl (C=O) groups excluding carboxylic acids is 1. The SMILES string of the molecule is Cc1cccc(-c2nnc(-c3ccc(C(=O)N(C)CCOc4ccc(F)cc4)cc3)o2)c1. The van der Waals surface area contributed by atoms with Gasteiger partial charge in [-0.1, -0.05) is 17.7 Å². The summed E-state index contributed by atoms with van der Waals surface area (Å²) in [5.41, 5.74) is 3.24. The molecule has 3 aromatic carbocycles. The number of nitrogens with zero attached hydrogens (tertiary/aromatic N) is 3. The maximum Gasteiger partial charge on any atom is 0.253 e. The van der Waals surface area contributed by atoms with Gasteiger partial charge < -0.3 is 14.1 Å². The predicted molar refractivity (Wildman–Crippen MR) is 119 cm³/mol. The fraction of sp³-hybridized carbons (Fsp3) is 0.160. The van der Waals surface area contributed by atoms with E-state index in [4.69, 9.17) is 9.15 Å². The number of aromatic nitrogens is 2. The van der Waals surface area contributed by atoms with E-state index < -0.39 is 0 Å². The number of aryl methyl sites for hydroxylation is 1. The van der Waals surface area contributed by atoms with Gasteiger partial charge in [-0.2, -0.15) is 0 Å². The van der Waals surface area contributed by atoms with Crippen LogP contribution in [0.5, 0.6) is 5.75 Å². The highest BCUT2D eigenvalue weighted by atomic mass is 19.1. The molecule has 1 heterocycles. The first-order chi connectivity index (χ1) is 15.5. The highest BCUT2D eigenvalue weighted by molar-refractivity contribution is 5.94. The van der Waals surface area contributed by atoms with Crippen LogP contribution in [-0.4, -0.2) is 41.2 Å². The van der Waals surface area contributed by atoms with Gasteiger partial charge in [0, 0.05) is 23.7 Å². The first-order valence-electron chi connectivity index (χ1n) is 10.1. The van der Waals surface area contributed by atoms with Gasteiger partial charge in [0.1, 0.15) is 18.2 Å². The van der Waals surface area contributed by atoms with E-state index in [9.17, 15) is 9.18 Å². The van der Waals surface area contributed by atoms with Crippen molar-refractivity contribution in [2.75, 3.05) is 20.2 Å². The summed E-state index contributed by atoms with van der Waals surface area (Å²) in [4.78, 5) is 14.2. The zero-order chi connectivity index (χ0) is 22.5. The Morgan fingerprint density at radius 1 is 0.969 bits per heavy atom. The molecule has 0 N–H and O–H groups in total. The molecule has 1 amide bonds. The van der Waals surface area contributed by atoms with Crippen molar-refractivity contribution in [3.05, 3.63) is 89.7 Å². The molecule has 0 fully saturated rings. The molecule has 32 heavy (non-hydrogen) atoms. The average Bonchev–Trinajstić information content (AvgIpc) is 3.30. The molecule has 0 spiro atoms. The lowest BCUT2D eigenvalue weighted by molar-refractivity contribution is 0.0774. The number of amides is 1. The smallest absolute Gasteiger partial charge is 0.253 e. The minimum absolute atomic E-state index is 0.134. The standard InChI is InChI=1S/C25H22FN3O3/c1-17-4-3-5-20(16-17)24-28-27-23(32-24)18-6-8-19(9-7-18)25(30)29(2)14-15-31-22-12-10-21(26)11-13-22/h3-13,16H,14-15H2,1-2H3. The van der Waals surface area contributed by atoms with Crippen molar-refractivity contribution >= 4 is 5.91 Å². The lowest BCUT2D eigenvalue weighted by atomic mass is 10.1. The van der Waals surface area contributed by atoms with Crippen molar-refractivity contribution in [3.8, 4) is 28.7 Å². The summed E-state index contributed by atoms with van der Waals surface area (Å²) in [7, 11) is 1.70. The molecule has 0 unspecified atom stereocenters. The molecule has 0 saturated carbocycles. The number of likely N-dealkylation sites (N-methyl/N-ethyl adjacent to an activating group) is 1. The summed E-state index contributed by atoms with van der Waals surface area (Å²) < 4.78 is 24.3. The molecule has 0 aliphatic carbocycles. The molecule has 0 aliphatic heterocycles. The third-order valence-corrected chi connectivity index (χ3v) is 4.92. The van der Waals surface area contributed by atoms with Gasteiger partial charge in [-0.3, -0.25) is 4.79 Å². The van der Waals surface area contributed by atoms with Gasteiger partial charge in [-0.25, -0.2) is 4.39 Å². The van der Waals surface area contributed by atoms with Crippen LogP contribution in [0.25, 0.3) is 22.9 Å². The summed E-state index contributed by atoms with van der Waals surface area (Å²) in [5.74, 6) is 0.942. The van der Waals surface area contributed by atoms with E-state index >= 15 is 0 Å². The van der Waals surface area contributed by atoms with Crippen LogP contribution in [0, 0.1) is 12.7 Å². The van der Waals surface area contributed by atoms with E-state index in [-0.39, 0.29) is 11.7 Å². The predicted octanol–water partition coefficient (Wildman–Crippen LogP) is 5.00. The van der Waals surface area contributed by atoms with Gasteiger partial charge in [-0.15, -0.1) is 10.2 Å². The van der Waals surface area contributed by atoms with E-state index in [2.05, 4.69) is 10.2 Å². The summed E-state index contributed by atoms with van der Waals surface area (Å²) in [6.07, 6.45) is 0. The van der Waals surface area contributed by atoms with E-state index in [0.29, 0.717) is 36.2 Å². The molecular weight excluding hydrogens is 409 g/mol. The Hall–Kier alpha value is -4.00. The molecule has 4 aromatic rings. The van der Waals surface area contributed by atoms with Crippen LogP contribution in [0.15, 0.2) is 77.2 Å². The molecular formula is C25H22FN3O3. The molecule has 0 atom stereocenters. The summed E-state index contributed by atoms with van der Waals surface area (Å²) in [6.45, 7) is 2.69. The Kier molecular flexibility index (Phi) is 6.26. The Balaban J connectivity index is 1.36. The van der Waals surface area contributed by atoms with Crippen LogP contribution in [0.4, 0.5) is 4.39 Å². The van der Waals surface area contributed by atoms with Gasteiger partial charge >= 0.3 is 0 Å². The normalized spacial score (nSPS) is 10.7. The zero-order valence-electron chi connectivity index (χ0n) is 17.8. The molecule has 0 bridgehead atoms. The fourth-order valence-electron chi connectivity index (χ4n) is 3.14. The monoisotopic (exact) mass is 431 g/mol. The van der Waals surface area contributed by atoms with Gasteiger partial charge in [0.15, 0.2) is 0 Å². The number of halogens is 1. The largest absolute Gasteiger partial charge is 0.492 e. The van der Waals surface area contributed by atoms with E-state index in [0.717, 1.165) is 16.7 Å². The van der Waals surface area contributed by atoms with Crippen molar-refractivity contribution in [1.29, 1.82) is 0 Å². The van der Waals surface area contributed by atoms with Crippen LogP contribution >= 0.6 is 0 Å². The molecule has 0 aliphatic rings. The number of hydrogen-bond donors (Lipinski definition) is 0. The highest BCUT2D eigenvalue weighted by Gasteiger charge is 2.14. The van der Waals surface area contributed by atoms with Crippen molar-refractivity contribution in [1.82, 2.24) is 15.1 Å². The summed E-state index contributed by atoms with van der Waals surface area (Å²) >= 11 is 0. The van der Waals surface area contributed by atoms with E-state index in [1.165, 1.54) is 12.1 Å². The minimum atomic E-state index is -0.319.